The summed E-state index contributed by atoms with van der Waals surface area (Å²) in [6.07, 6.45) is 0.805. The van der Waals surface area contributed by atoms with Crippen LogP contribution in [0.4, 0.5) is 0 Å². The lowest BCUT2D eigenvalue weighted by Crippen LogP contribution is -2.32. The van der Waals surface area contributed by atoms with Crippen LogP contribution in [0.3, 0.4) is 0 Å². The summed E-state index contributed by atoms with van der Waals surface area (Å²) in [5.41, 5.74) is 1.16. The lowest BCUT2D eigenvalue weighted by atomic mass is 10.0. The van der Waals surface area contributed by atoms with Gasteiger partial charge >= 0.3 is 0 Å². The molecule has 0 saturated heterocycles. The van der Waals surface area contributed by atoms with Gasteiger partial charge in [0.15, 0.2) is 0 Å². The molecule has 22 heavy (non-hydrogen) atoms. The van der Waals surface area contributed by atoms with Crippen molar-refractivity contribution in [3.05, 3.63) is 48.0 Å². The molecule has 0 aromatic heterocycles. The normalized spacial score (nSPS) is 20.8. The van der Waals surface area contributed by atoms with E-state index in [1.165, 1.54) is 10.8 Å². The first-order chi connectivity index (χ1) is 10.4. The second-order valence-electron chi connectivity index (χ2n) is 5.71. The number of nitrogens with one attached hydrogen (secondary N) is 1. The van der Waals surface area contributed by atoms with Gasteiger partial charge in [-0.15, -0.1) is 0 Å². The molecule has 0 radical (unpaired) electrons. The quantitative estimate of drug-likeness (QED) is 0.872. The molecule has 1 amide bonds. The Balaban J connectivity index is 1.62. The maximum absolute atomic E-state index is 12.0. The van der Waals surface area contributed by atoms with Gasteiger partial charge in [-0.1, -0.05) is 42.5 Å². The highest BCUT2D eigenvalue weighted by Crippen LogP contribution is 2.48. The molecule has 1 saturated carbocycles. The fourth-order valence-electron chi connectivity index (χ4n) is 2.74. The number of nitrogens with two attached hydrogens (primary N) is 1. The number of amides is 1. The molecule has 6 heteroatoms. The fraction of sp³-hybridized carbons (Fsp3) is 0.312. The number of hydrogen-bond acceptors (Lipinski definition) is 3. The maximum atomic E-state index is 12.0. The molecule has 0 heterocycles. The Morgan fingerprint density at radius 3 is 2.64 bits per heavy atom. The van der Waals surface area contributed by atoms with Gasteiger partial charge in [-0.05, 0) is 28.7 Å². The number of primary sulfonamides is 1. The first-order valence-corrected chi connectivity index (χ1v) is 8.92. The first kappa shape index (κ1) is 15.0. The van der Waals surface area contributed by atoms with Crippen LogP contribution in [0.2, 0.25) is 0 Å². The average molecular weight is 318 g/mol. The zero-order chi connectivity index (χ0) is 15.7. The van der Waals surface area contributed by atoms with Gasteiger partial charge in [0, 0.05) is 12.5 Å². The van der Waals surface area contributed by atoms with Gasteiger partial charge in [0.05, 0.1) is 5.75 Å². The van der Waals surface area contributed by atoms with Crippen LogP contribution in [0.1, 0.15) is 17.9 Å². The molecule has 1 fully saturated rings. The predicted octanol–water partition coefficient (Wildman–Crippen LogP) is 1.35. The summed E-state index contributed by atoms with van der Waals surface area (Å²) < 4.78 is 21.7. The van der Waals surface area contributed by atoms with E-state index in [-0.39, 0.29) is 30.0 Å². The molecule has 2 aromatic carbocycles. The molecule has 116 valence electrons. The van der Waals surface area contributed by atoms with Gasteiger partial charge in [0.25, 0.3) is 0 Å². The SMILES string of the molecule is NS(=O)(=O)CCNC(=O)C1CC1c1ccc2ccccc2c1. The van der Waals surface area contributed by atoms with Gasteiger partial charge in [0.2, 0.25) is 15.9 Å². The monoisotopic (exact) mass is 318 g/mol. The second-order valence-corrected chi connectivity index (χ2v) is 7.45. The first-order valence-electron chi connectivity index (χ1n) is 7.21. The number of carbonyl (C=O) groups is 1. The number of carbonyl (C=O) groups excluding carboxylic acids is 1. The largest absolute Gasteiger partial charge is 0.355 e. The smallest absolute Gasteiger partial charge is 0.223 e. The van der Waals surface area contributed by atoms with Gasteiger partial charge in [0.1, 0.15) is 0 Å². The molecular formula is C16H18N2O3S. The lowest BCUT2D eigenvalue weighted by Gasteiger charge is -2.05. The van der Waals surface area contributed by atoms with Crippen LogP contribution in [0.5, 0.6) is 0 Å². The highest BCUT2D eigenvalue weighted by molar-refractivity contribution is 7.89. The molecule has 1 aliphatic rings. The predicted molar refractivity (Wildman–Crippen MR) is 85.8 cm³/mol. The van der Waals surface area contributed by atoms with E-state index in [0.717, 1.165) is 12.0 Å². The second kappa shape index (κ2) is 5.70. The molecule has 2 unspecified atom stereocenters. The Bertz CT molecular complexity index is 817. The van der Waals surface area contributed by atoms with E-state index >= 15 is 0 Å². The van der Waals surface area contributed by atoms with Gasteiger partial charge in [-0.25, -0.2) is 13.6 Å². The number of hydrogen-bond donors (Lipinski definition) is 2. The summed E-state index contributed by atoms with van der Waals surface area (Å²) >= 11 is 0. The number of sulfonamides is 1. The van der Waals surface area contributed by atoms with Gasteiger partial charge in [-0.3, -0.25) is 4.79 Å². The molecule has 2 aromatic rings. The Labute approximate surface area is 129 Å². The Morgan fingerprint density at radius 2 is 1.91 bits per heavy atom. The Kier molecular flexibility index (Phi) is 3.88. The number of benzene rings is 2. The maximum Gasteiger partial charge on any atom is 0.223 e. The van der Waals surface area contributed by atoms with Crippen molar-refractivity contribution in [1.82, 2.24) is 5.32 Å². The van der Waals surface area contributed by atoms with E-state index < -0.39 is 10.0 Å². The van der Waals surface area contributed by atoms with Crippen molar-refractivity contribution >= 4 is 26.7 Å². The average Bonchev–Trinajstić information content (AvgIpc) is 3.26. The number of fused-ring (bicyclic) bond motifs is 1. The Morgan fingerprint density at radius 1 is 1.18 bits per heavy atom. The molecular weight excluding hydrogens is 300 g/mol. The van der Waals surface area contributed by atoms with Crippen molar-refractivity contribution in [1.29, 1.82) is 0 Å². The van der Waals surface area contributed by atoms with Gasteiger partial charge < -0.3 is 5.32 Å². The fourth-order valence-corrected chi connectivity index (χ4v) is 3.13. The Hall–Kier alpha value is -1.92. The highest BCUT2D eigenvalue weighted by atomic mass is 32.2. The van der Waals surface area contributed by atoms with E-state index in [4.69, 9.17) is 5.14 Å². The molecule has 2 atom stereocenters. The van der Waals surface area contributed by atoms with Crippen LogP contribution < -0.4 is 10.5 Å². The highest BCUT2D eigenvalue weighted by Gasteiger charge is 2.43. The van der Waals surface area contributed by atoms with E-state index in [1.807, 2.05) is 12.1 Å². The third-order valence-corrected chi connectivity index (χ3v) is 4.79. The van der Waals surface area contributed by atoms with E-state index in [0.29, 0.717) is 0 Å². The molecule has 3 N–H and O–H groups in total. The minimum atomic E-state index is -3.53. The number of rotatable bonds is 5. The van der Waals surface area contributed by atoms with Crippen molar-refractivity contribution in [3.63, 3.8) is 0 Å². The van der Waals surface area contributed by atoms with Crippen LogP contribution in [0.25, 0.3) is 10.8 Å². The molecule has 1 aliphatic carbocycles. The minimum Gasteiger partial charge on any atom is -0.355 e. The summed E-state index contributed by atoms with van der Waals surface area (Å²) in [7, 11) is -3.53. The molecule has 5 nitrogen and oxygen atoms in total. The summed E-state index contributed by atoms with van der Waals surface area (Å²) in [6, 6.07) is 14.4. The van der Waals surface area contributed by atoms with Crippen LogP contribution in [-0.4, -0.2) is 26.6 Å². The van der Waals surface area contributed by atoms with E-state index in [1.54, 1.807) is 0 Å². The van der Waals surface area contributed by atoms with E-state index in [9.17, 15) is 13.2 Å². The van der Waals surface area contributed by atoms with Crippen molar-refractivity contribution in [2.45, 2.75) is 12.3 Å². The molecule has 0 spiro atoms. The van der Waals surface area contributed by atoms with Crippen molar-refractivity contribution in [3.8, 4) is 0 Å². The van der Waals surface area contributed by atoms with Crippen molar-refractivity contribution in [2.24, 2.45) is 11.1 Å². The third-order valence-electron chi connectivity index (χ3n) is 4.01. The lowest BCUT2D eigenvalue weighted by molar-refractivity contribution is -0.122. The summed E-state index contributed by atoms with van der Waals surface area (Å²) in [5, 5.41) is 9.89. The zero-order valence-electron chi connectivity index (χ0n) is 12.0. The van der Waals surface area contributed by atoms with Crippen molar-refractivity contribution < 1.29 is 13.2 Å². The molecule has 0 bridgehead atoms. The summed E-state index contributed by atoms with van der Waals surface area (Å²) in [6.45, 7) is 0.0681. The van der Waals surface area contributed by atoms with Gasteiger partial charge in [-0.2, -0.15) is 0 Å². The molecule has 0 aliphatic heterocycles. The summed E-state index contributed by atoms with van der Waals surface area (Å²) in [5.74, 6) is -0.172. The van der Waals surface area contributed by atoms with Crippen LogP contribution >= 0.6 is 0 Å². The molecule has 3 rings (SSSR count). The topological polar surface area (TPSA) is 89.3 Å². The minimum absolute atomic E-state index is 0.0679. The van der Waals surface area contributed by atoms with Crippen LogP contribution in [0.15, 0.2) is 42.5 Å². The van der Waals surface area contributed by atoms with E-state index in [2.05, 4.69) is 35.6 Å². The standard InChI is InChI=1S/C16H18N2O3S/c17-22(20,21)8-7-18-16(19)15-10-14(15)13-6-5-11-3-1-2-4-12(11)9-13/h1-6,9,14-15H,7-8,10H2,(H,18,19)(H2,17,20,21). The summed E-state index contributed by atoms with van der Waals surface area (Å²) in [4.78, 5) is 12.0. The van der Waals surface area contributed by atoms with Crippen LogP contribution in [0, 0.1) is 5.92 Å². The van der Waals surface area contributed by atoms with Crippen LogP contribution in [-0.2, 0) is 14.8 Å². The third kappa shape index (κ3) is 3.45. The zero-order valence-corrected chi connectivity index (χ0v) is 12.8. The van der Waals surface area contributed by atoms with Crippen molar-refractivity contribution in [2.75, 3.05) is 12.3 Å².